The molecule has 0 unspecified atom stereocenters. The molecule has 4 aromatic rings. The van der Waals surface area contributed by atoms with E-state index in [4.69, 9.17) is 0 Å². The number of nitrogens with zero attached hydrogens (tertiary/aromatic N) is 3. The quantitative estimate of drug-likeness (QED) is 0.438. The van der Waals surface area contributed by atoms with Gasteiger partial charge in [-0.2, -0.15) is 0 Å². The zero-order chi connectivity index (χ0) is 21.5. The van der Waals surface area contributed by atoms with Crippen LogP contribution in [0.1, 0.15) is 22.8 Å². The van der Waals surface area contributed by atoms with E-state index in [1.165, 1.54) is 12.1 Å². The first kappa shape index (κ1) is 21.6. The number of benzene rings is 2. The van der Waals surface area contributed by atoms with Gasteiger partial charge in [0.2, 0.25) is 0 Å². The molecule has 2 aromatic heterocycles. The normalized spacial score (nSPS) is 15.6. The largest absolute Gasteiger partial charge is 0.507 e. The number of imidazole rings is 1. The minimum atomic E-state index is -1.19. The van der Waals surface area contributed by atoms with Crippen LogP contribution < -0.4 is 11.0 Å². The molecule has 0 saturated carbocycles. The van der Waals surface area contributed by atoms with Gasteiger partial charge in [0.25, 0.3) is 0 Å². The van der Waals surface area contributed by atoms with Crippen LogP contribution in [0.15, 0.2) is 65.6 Å². The van der Waals surface area contributed by atoms with E-state index in [0.717, 1.165) is 30.6 Å². The number of aromatic hydroxyl groups is 1. The Balaban J connectivity index is 0.00000245. The van der Waals surface area contributed by atoms with E-state index >= 15 is 0 Å². The van der Waals surface area contributed by atoms with E-state index in [0.29, 0.717) is 16.9 Å². The Hall–Kier alpha value is -3.62. The second-order valence-electron chi connectivity index (χ2n) is 7.56. The average molecular weight is 453 g/mol. The summed E-state index contributed by atoms with van der Waals surface area (Å²) in [5.41, 5.74) is 3.26. The number of nitrogens with one attached hydrogen (secondary N) is 1. The van der Waals surface area contributed by atoms with Gasteiger partial charge in [-0.05, 0) is 60.5 Å². The van der Waals surface area contributed by atoms with Crippen LogP contribution in [0.4, 0.5) is 0 Å². The van der Waals surface area contributed by atoms with Crippen molar-refractivity contribution in [2.45, 2.75) is 12.5 Å². The molecule has 3 heterocycles. The molecule has 0 spiro atoms. The zero-order valence-corrected chi connectivity index (χ0v) is 17.7. The predicted octanol–water partition coefficient (Wildman–Crippen LogP) is 3.21. The first-order valence-electron chi connectivity index (χ1n) is 10.0. The summed E-state index contributed by atoms with van der Waals surface area (Å²) >= 11 is 0. The topological polar surface area (TPSA) is 109 Å². The van der Waals surface area contributed by atoms with Crippen molar-refractivity contribution < 1.29 is 15.0 Å². The number of carboxylic acid groups (broad SMARTS) is 1. The third kappa shape index (κ3) is 3.53. The van der Waals surface area contributed by atoms with Crippen molar-refractivity contribution in [1.29, 1.82) is 0 Å². The van der Waals surface area contributed by atoms with Crippen molar-refractivity contribution in [3.63, 3.8) is 0 Å². The lowest BCUT2D eigenvalue weighted by Crippen LogP contribution is -2.28. The SMILES string of the molecule is Cl.O=C(O)c1cc(-c2ccc(-n3c(=O)n([C@H]4CCNC4)c4ncccc43)cc2)ccc1O. The Morgan fingerprint density at radius 3 is 2.53 bits per heavy atom. The highest BCUT2D eigenvalue weighted by atomic mass is 35.5. The molecule has 2 aromatic carbocycles. The van der Waals surface area contributed by atoms with Crippen LogP contribution in [-0.2, 0) is 0 Å². The first-order valence-corrected chi connectivity index (χ1v) is 10.0. The molecule has 9 heteroatoms. The van der Waals surface area contributed by atoms with Crippen molar-refractivity contribution in [1.82, 2.24) is 19.4 Å². The van der Waals surface area contributed by atoms with Gasteiger partial charge >= 0.3 is 11.7 Å². The van der Waals surface area contributed by atoms with E-state index in [9.17, 15) is 19.8 Å². The summed E-state index contributed by atoms with van der Waals surface area (Å²) in [6.07, 6.45) is 2.57. The van der Waals surface area contributed by atoms with E-state index in [2.05, 4.69) is 10.3 Å². The molecule has 0 aliphatic carbocycles. The van der Waals surface area contributed by atoms with Crippen LogP contribution in [0, 0.1) is 0 Å². The molecule has 0 amide bonds. The first-order chi connectivity index (χ1) is 15.0. The highest BCUT2D eigenvalue weighted by molar-refractivity contribution is 5.92. The predicted molar refractivity (Wildman–Crippen MR) is 123 cm³/mol. The van der Waals surface area contributed by atoms with Gasteiger partial charge < -0.3 is 15.5 Å². The van der Waals surface area contributed by atoms with Crippen LogP contribution in [0.2, 0.25) is 0 Å². The number of aromatic carboxylic acids is 1. The lowest BCUT2D eigenvalue weighted by atomic mass is 10.0. The molecule has 1 saturated heterocycles. The zero-order valence-electron chi connectivity index (χ0n) is 16.9. The molecule has 1 fully saturated rings. The third-order valence-electron chi connectivity index (χ3n) is 5.72. The number of halogens is 1. The number of carbonyl (C=O) groups is 1. The monoisotopic (exact) mass is 452 g/mol. The van der Waals surface area contributed by atoms with Crippen LogP contribution in [-0.4, -0.2) is 43.4 Å². The number of aromatic nitrogens is 3. The van der Waals surface area contributed by atoms with Gasteiger partial charge in [-0.25, -0.2) is 14.6 Å². The number of carboxylic acids is 1. The van der Waals surface area contributed by atoms with Gasteiger partial charge in [0.15, 0.2) is 5.65 Å². The van der Waals surface area contributed by atoms with Crippen LogP contribution in [0.5, 0.6) is 5.75 Å². The molecular formula is C23H21ClN4O4. The second-order valence-corrected chi connectivity index (χ2v) is 7.56. The van der Waals surface area contributed by atoms with E-state index in [1.54, 1.807) is 21.4 Å². The number of rotatable bonds is 4. The summed E-state index contributed by atoms with van der Waals surface area (Å²) in [6.45, 7) is 1.61. The van der Waals surface area contributed by atoms with Gasteiger partial charge in [0.05, 0.1) is 17.2 Å². The number of hydrogen-bond acceptors (Lipinski definition) is 5. The van der Waals surface area contributed by atoms with Gasteiger partial charge in [-0.1, -0.05) is 18.2 Å². The standard InChI is InChI=1S/C23H20N4O4.ClH/c28-20-8-5-15(12-18(20)22(29)30)14-3-6-16(7-4-14)26-19-2-1-10-25-21(19)27(23(26)31)17-9-11-24-13-17;/h1-8,10,12,17,24,28H,9,11,13H2,(H,29,30);1H/t17-;/m0./s1. The van der Waals surface area contributed by atoms with Crippen LogP contribution in [0.3, 0.4) is 0 Å². The maximum Gasteiger partial charge on any atom is 0.339 e. The highest BCUT2D eigenvalue weighted by Crippen LogP contribution is 2.28. The molecule has 0 bridgehead atoms. The molecule has 1 aliphatic rings. The Morgan fingerprint density at radius 1 is 1.09 bits per heavy atom. The van der Waals surface area contributed by atoms with Gasteiger partial charge in [-0.15, -0.1) is 12.4 Å². The van der Waals surface area contributed by atoms with E-state index in [-0.39, 0.29) is 35.5 Å². The van der Waals surface area contributed by atoms with Crippen LogP contribution >= 0.6 is 12.4 Å². The summed E-state index contributed by atoms with van der Waals surface area (Å²) in [6, 6.07) is 15.5. The molecular weight excluding hydrogens is 432 g/mol. The Labute approximate surface area is 189 Å². The highest BCUT2D eigenvalue weighted by Gasteiger charge is 2.24. The van der Waals surface area contributed by atoms with Gasteiger partial charge in [-0.3, -0.25) is 9.13 Å². The van der Waals surface area contributed by atoms with Crippen molar-refractivity contribution in [2.24, 2.45) is 0 Å². The summed E-state index contributed by atoms with van der Waals surface area (Å²) in [4.78, 5) is 29.1. The van der Waals surface area contributed by atoms with Crippen LogP contribution in [0.25, 0.3) is 28.0 Å². The van der Waals surface area contributed by atoms with E-state index in [1.807, 2.05) is 36.4 Å². The van der Waals surface area contributed by atoms with Gasteiger partial charge in [0, 0.05) is 12.7 Å². The van der Waals surface area contributed by atoms with Gasteiger partial charge in [0.1, 0.15) is 11.3 Å². The molecule has 0 radical (unpaired) electrons. The lowest BCUT2D eigenvalue weighted by molar-refractivity contribution is 0.0694. The summed E-state index contributed by atoms with van der Waals surface area (Å²) < 4.78 is 3.42. The molecule has 164 valence electrons. The molecule has 32 heavy (non-hydrogen) atoms. The number of fused-ring (bicyclic) bond motifs is 1. The summed E-state index contributed by atoms with van der Waals surface area (Å²) in [7, 11) is 0. The second kappa shape index (κ2) is 8.49. The molecule has 8 nitrogen and oxygen atoms in total. The maximum atomic E-state index is 13.4. The van der Waals surface area contributed by atoms with E-state index < -0.39 is 5.97 Å². The Kier molecular flexibility index (Phi) is 5.73. The fourth-order valence-corrected chi connectivity index (χ4v) is 4.18. The maximum absolute atomic E-state index is 13.4. The third-order valence-corrected chi connectivity index (χ3v) is 5.72. The molecule has 5 rings (SSSR count). The lowest BCUT2D eigenvalue weighted by Gasteiger charge is -2.09. The fraction of sp³-hybridized carbons (Fsp3) is 0.174. The van der Waals surface area contributed by atoms with Crippen molar-refractivity contribution in [3.8, 4) is 22.6 Å². The van der Waals surface area contributed by atoms with Crippen molar-refractivity contribution in [3.05, 3.63) is 76.8 Å². The van der Waals surface area contributed by atoms with Crippen molar-refractivity contribution >= 4 is 29.5 Å². The number of pyridine rings is 1. The average Bonchev–Trinajstić information content (AvgIpc) is 3.39. The minimum absolute atomic E-state index is 0. The number of hydrogen-bond donors (Lipinski definition) is 3. The molecule has 1 aliphatic heterocycles. The Bertz CT molecular complexity index is 1350. The minimum Gasteiger partial charge on any atom is -0.507 e. The Morgan fingerprint density at radius 2 is 1.84 bits per heavy atom. The summed E-state index contributed by atoms with van der Waals surface area (Å²) in [5, 5.41) is 22.3. The fourth-order valence-electron chi connectivity index (χ4n) is 4.18. The smallest absolute Gasteiger partial charge is 0.339 e. The van der Waals surface area contributed by atoms with Crippen molar-refractivity contribution in [2.75, 3.05) is 13.1 Å². The molecule has 3 N–H and O–H groups in total. The summed E-state index contributed by atoms with van der Waals surface area (Å²) in [5.74, 6) is -1.47. The number of phenols is 1. The molecule has 1 atom stereocenters.